The highest BCUT2D eigenvalue weighted by Gasteiger charge is 2.53. The standard InChI is InChI=1S/C18H17F6N5O3/c19-17(20,21)12-7-11(2-1-10(12)8-25)29-9-13(32-15(29)18(22,23)24)14(30)27-3-5-28(6-4-27)16(26)31/h1-2,7,13,15H,3-6,9H2,(H2,26,31)/t13-,15+/m0/s1. The third-order valence-corrected chi connectivity index (χ3v) is 5.16. The number of nitrogens with zero attached hydrogens (tertiary/aromatic N) is 4. The molecule has 2 aliphatic heterocycles. The van der Waals surface area contributed by atoms with Gasteiger partial charge in [-0.05, 0) is 18.2 Å². The van der Waals surface area contributed by atoms with Crippen molar-refractivity contribution >= 4 is 17.6 Å². The molecule has 2 heterocycles. The lowest BCUT2D eigenvalue weighted by Crippen LogP contribution is -2.54. The Morgan fingerprint density at radius 3 is 2.16 bits per heavy atom. The number of carbonyl (C=O) groups excluding carboxylic acids is 2. The Hall–Kier alpha value is -3.21. The van der Waals surface area contributed by atoms with Crippen LogP contribution in [0.25, 0.3) is 0 Å². The van der Waals surface area contributed by atoms with Crippen LogP contribution in [0.3, 0.4) is 0 Å². The fourth-order valence-electron chi connectivity index (χ4n) is 3.57. The fourth-order valence-corrected chi connectivity index (χ4v) is 3.57. The predicted octanol–water partition coefficient (Wildman–Crippen LogP) is 1.89. The van der Waals surface area contributed by atoms with E-state index >= 15 is 0 Å². The van der Waals surface area contributed by atoms with Crippen molar-refractivity contribution in [2.45, 2.75) is 24.7 Å². The summed E-state index contributed by atoms with van der Waals surface area (Å²) in [6.07, 6.45) is -14.2. The second-order valence-corrected chi connectivity index (χ2v) is 7.16. The molecule has 0 radical (unpaired) electrons. The molecule has 0 spiro atoms. The monoisotopic (exact) mass is 465 g/mol. The van der Waals surface area contributed by atoms with E-state index in [-0.39, 0.29) is 26.2 Å². The second kappa shape index (κ2) is 8.38. The first-order chi connectivity index (χ1) is 14.8. The molecule has 0 saturated carbocycles. The van der Waals surface area contributed by atoms with E-state index in [4.69, 9.17) is 15.7 Å². The third kappa shape index (κ3) is 4.67. The molecule has 0 unspecified atom stereocenters. The summed E-state index contributed by atoms with van der Waals surface area (Å²) in [4.78, 5) is 26.9. The second-order valence-electron chi connectivity index (χ2n) is 7.16. The summed E-state index contributed by atoms with van der Waals surface area (Å²) in [7, 11) is 0. The van der Waals surface area contributed by atoms with Gasteiger partial charge in [-0.3, -0.25) is 4.79 Å². The van der Waals surface area contributed by atoms with E-state index in [9.17, 15) is 35.9 Å². The Labute approximate surface area is 177 Å². The minimum absolute atomic E-state index is 0.0212. The van der Waals surface area contributed by atoms with E-state index in [1.807, 2.05) is 0 Å². The zero-order valence-electron chi connectivity index (χ0n) is 16.3. The molecule has 1 aromatic carbocycles. The van der Waals surface area contributed by atoms with Crippen molar-refractivity contribution in [1.82, 2.24) is 9.80 Å². The molecule has 14 heteroatoms. The van der Waals surface area contributed by atoms with Crippen LogP contribution in [0.2, 0.25) is 0 Å². The van der Waals surface area contributed by atoms with Crippen molar-refractivity contribution in [2.75, 3.05) is 37.6 Å². The van der Waals surface area contributed by atoms with Crippen molar-refractivity contribution in [3.8, 4) is 6.07 Å². The van der Waals surface area contributed by atoms with Crippen LogP contribution >= 0.6 is 0 Å². The number of hydrogen-bond acceptors (Lipinski definition) is 5. The van der Waals surface area contributed by atoms with Crippen LogP contribution in [-0.2, 0) is 15.7 Å². The first-order valence-electron chi connectivity index (χ1n) is 9.26. The highest BCUT2D eigenvalue weighted by atomic mass is 19.4. The fraction of sp³-hybridized carbons (Fsp3) is 0.500. The van der Waals surface area contributed by atoms with Gasteiger partial charge in [-0.2, -0.15) is 31.6 Å². The maximum atomic E-state index is 13.6. The number of rotatable bonds is 2. The largest absolute Gasteiger partial charge is 0.433 e. The van der Waals surface area contributed by atoms with Gasteiger partial charge < -0.3 is 25.2 Å². The van der Waals surface area contributed by atoms with Crippen molar-refractivity contribution in [2.24, 2.45) is 5.73 Å². The van der Waals surface area contributed by atoms with Crippen LogP contribution in [0.5, 0.6) is 0 Å². The molecule has 8 nitrogen and oxygen atoms in total. The molecule has 3 amide bonds. The van der Waals surface area contributed by atoms with Crippen molar-refractivity contribution in [3.63, 3.8) is 0 Å². The molecule has 2 saturated heterocycles. The third-order valence-electron chi connectivity index (χ3n) is 5.16. The number of halogens is 6. The Bertz CT molecular complexity index is 937. The van der Waals surface area contributed by atoms with E-state index in [2.05, 4.69) is 0 Å². The van der Waals surface area contributed by atoms with Gasteiger partial charge in [-0.1, -0.05) is 0 Å². The number of carbonyl (C=O) groups is 2. The molecular weight excluding hydrogens is 448 g/mol. The Balaban J connectivity index is 1.85. The number of anilines is 1. The summed E-state index contributed by atoms with van der Waals surface area (Å²) in [6.45, 7) is -0.432. The summed E-state index contributed by atoms with van der Waals surface area (Å²) >= 11 is 0. The molecule has 0 bridgehead atoms. The van der Waals surface area contributed by atoms with Crippen molar-refractivity contribution in [3.05, 3.63) is 29.3 Å². The number of hydrogen-bond donors (Lipinski definition) is 1. The molecule has 2 aliphatic rings. The summed E-state index contributed by atoms with van der Waals surface area (Å²) in [5.41, 5.74) is 2.52. The Morgan fingerprint density at radius 1 is 1.06 bits per heavy atom. The number of urea groups is 1. The Morgan fingerprint density at radius 2 is 1.66 bits per heavy atom. The van der Waals surface area contributed by atoms with Crippen LogP contribution in [0, 0.1) is 11.3 Å². The normalized spacial score (nSPS) is 22.1. The maximum Gasteiger partial charge on any atom is 0.433 e. The first kappa shape index (κ1) is 23.5. The quantitative estimate of drug-likeness (QED) is 0.673. The molecule has 2 N–H and O–H groups in total. The molecule has 32 heavy (non-hydrogen) atoms. The van der Waals surface area contributed by atoms with Gasteiger partial charge in [-0.15, -0.1) is 0 Å². The summed E-state index contributed by atoms with van der Waals surface area (Å²) in [5.74, 6) is -0.782. The lowest BCUT2D eigenvalue weighted by Gasteiger charge is -2.34. The van der Waals surface area contributed by atoms with Gasteiger partial charge in [0.1, 0.15) is 0 Å². The lowest BCUT2D eigenvalue weighted by molar-refractivity contribution is -0.215. The number of piperazine rings is 1. The number of alkyl halides is 6. The average Bonchev–Trinajstić information content (AvgIpc) is 3.18. The van der Waals surface area contributed by atoms with E-state index in [1.165, 1.54) is 15.9 Å². The van der Waals surface area contributed by atoms with Crippen LogP contribution in [0.1, 0.15) is 11.1 Å². The molecular formula is C18H17F6N5O3. The minimum atomic E-state index is -5.01. The smallest absolute Gasteiger partial charge is 0.351 e. The van der Waals surface area contributed by atoms with E-state index in [1.54, 1.807) is 0 Å². The molecule has 2 atom stereocenters. The number of primary amides is 1. The number of benzene rings is 1. The number of ether oxygens (including phenoxy) is 1. The highest BCUT2D eigenvalue weighted by Crippen LogP contribution is 2.39. The zero-order chi connectivity index (χ0) is 23.8. The molecule has 2 fully saturated rings. The van der Waals surface area contributed by atoms with Crippen LogP contribution < -0.4 is 10.6 Å². The minimum Gasteiger partial charge on any atom is -0.351 e. The SMILES string of the molecule is N#Cc1ccc(N2C[C@@H](C(=O)N3CCN(C(N)=O)CC3)O[C@@H]2C(F)(F)F)cc1C(F)(F)F. The van der Waals surface area contributed by atoms with Gasteiger partial charge >= 0.3 is 18.4 Å². The lowest BCUT2D eigenvalue weighted by atomic mass is 10.1. The number of nitrogens with two attached hydrogens (primary N) is 1. The molecule has 0 aromatic heterocycles. The van der Waals surface area contributed by atoms with Gasteiger partial charge in [0.15, 0.2) is 6.10 Å². The van der Waals surface area contributed by atoms with Gasteiger partial charge in [-0.25, -0.2) is 4.79 Å². The van der Waals surface area contributed by atoms with Gasteiger partial charge in [0.05, 0.1) is 23.7 Å². The van der Waals surface area contributed by atoms with Crippen LogP contribution in [-0.4, -0.2) is 73.0 Å². The molecule has 0 aliphatic carbocycles. The van der Waals surface area contributed by atoms with Crippen LogP contribution in [0.4, 0.5) is 36.8 Å². The predicted molar refractivity (Wildman–Crippen MR) is 96.0 cm³/mol. The van der Waals surface area contributed by atoms with Crippen molar-refractivity contribution < 1.29 is 40.7 Å². The van der Waals surface area contributed by atoms with E-state index < -0.39 is 60.0 Å². The summed E-state index contributed by atoms with van der Waals surface area (Å²) in [6, 6.07) is 2.79. The van der Waals surface area contributed by atoms with Gasteiger partial charge in [0.2, 0.25) is 6.23 Å². The number of nitriles is 1. The molecule has 174 valence electrons. The highest BCUT2D eigenvalue weighted by molar-refractivity contribution is 5.83. The number of amides is 3. The maximum absolute atomic E-state index is 13.6. The molecule has 1 aromatic rings. The van der Waals surface area contributed by atoms with E-state index in [0.29, 0.717) is 11.0 Å². The summed E-state index contributed by atoms with van der Waals surface area (Å²) < 4.78 is 85.4. The zero-order valence-corrected chi connectivity index (χ0v) is 16.3. The topological polar surface area (TPSA) is 103 Å². The van der Waals surface area contributed by atoms with E-state index in [0.717, 1.165) is 12.1 Å². The molecule has 3 rings (SSSR count). The summed E-state index contributed by atoms with van der Waals surface area (Å²) in [5, 5.41) is 8.88. The average molecular weight is 465 g/mol. The van der Waals surface area contributed by atoms with Gasteiger partial charge in [0, 0.05) is 31.9 Å². The first-order valence-corrected chi connectivity index (χ1v) is 9.26. The van der Waals surface area contributed by atoms with Crippen LogP contribution in [0.15, 0.2) is 18.2 Å². The van der Waals surface area contributed by atoms with Gasteiger partial charge in [0.25, 0.3) is 5.91 Å². The Kier molecular flexibility index (Phi) is 6.14. The van der Waals surface area contributed by atoms with Crippen molar-refractivity contribution in [1.29, 1.82) is 5.26 Å².